The summed E-state index contributed by atoms with van der Waals surface area (Å²) in [5.41, 5.74) is 6.16. The molecule has 0 aromatic heterocycles. The van der Waals surface area contributed by atoms with Crippen LogP contribution in [0.2, 0.25) is 0 Å². The number of nitrogens with zero attached hydrogens (tertiary/aromatic N) is 1. The highest BCUT2D eigenvalue weighted by molar-refractivity contribution is 5.83. The molecule has 11 heavy (non-hydrogen) atoms. The molecule has 0 aliphatic rings. The number of nitrogens with two attached hydrogens (primary N) is 1. The van der Waals surface area contributed by atoms with Crippen molar-refractivity contribution in [2.45, 2.75) is 32.6 Å². The minimum Gasteiger partial charge on any atom is -0.411 e. The van der Waals surface area contributed by atoms with Gasteiger partial charge >= 0.3 is 0 Å². The lowest BCUT2D eigenvalue weighted by Gasteiger charge is -1.98. The zero-order valence-corrected chi connectivity index (χ0v) is 6.51. The van der Waals surface area contributed by atoms with Gasteiger partial charge in [0.15, 0.2) is 0 Å². The highest BCUT2D eigenvalue weighted by Gasteiger charge is 1.94. The van der Waals surface area contributed by atoms with E-state index in [4.69, 9.17) is 10.9 Å². The molecule has 0 aromatic rings. The third-order valence-corrected chi connectivity index (χ3v) is 1.47. The van der Waals surface area contributed by atoms with Crippen molar-refractivity contribution in [3.05, 3.63) is 0 Å². The molecule has 0 aliphatic heterocycles. The minimum absolute atomic E-state index is 0. The normalized spacial score (nSPS) is 10.9. The topological polar surface area (TPSA) is 58.6 Å². The van der Waals surface area contributed by atoms with Crippen molar-refractivity contribution in [2.24, 2.45) is 10.9 Å². The van der Waals surface area contributed by atoms with Gasteiger partial charge in [-0.25, -0.2) is 0 Å². The number of hydrogen-bond donors (Lipinski definition) is 2. The molecule has 0 atom stereocenters. The third-order valence-electron chi connectivity index (χ3n) is 1.47. The van der Waals surface area contributed by atoms with E-state index >= 15 is 0 Å². The monoisotopic (exact) mass is 176 g/mol. The van der Waals surface area contributed by atoms with Crippen molar-refractivity contribution in [3.63, 3.8) is 0 Å². The van der Waals surface area contributed by atoms with Gasteiger partial charge in [-0.2, -0.15) is 0 Å². The predicted molar refractivity (Wildman–Crippen MR) is 53.8 cm³/mol. The zero-order chi connectivity index (χ0) is 7.82. The fraction of sp³-hybridized carbons (Fsp3) is 0.857. The van der Waals surface area contributed by atoms with Gasteiger partial charge in [-0.3, -0.25) is 0 Å². The van der Waals surface area contributed by atoms with Crippen LogP contribution in [0.4, 0.5) is 0 Å². The van der Waals surface area contributed by atoms with E-state index in [1.807, 2.05) is 6.92 Å². The van der Waals surface area contributed by atoms with Crippen molar-refractivity contribution in [1.29, 1.82) is 0 Å². The Bertz CT molecular complexity index is 107. The van der Waals surface area contributed by atoms with Gasteiger partial charge in [0.1, 0.15) is 0 Å². The predicted octanol–water partition coefficient (Wildman–Crippen LogP) is -0.0960. The van der Waals surface area contributed by atoms with Crippen molar-refractivity contribution >= 4 is 16.7 Å². The van der Waals surface area contributed by atoms with E-state index in [-0.39, 0.29) is 11.0 Å². The SMILES string of the molecule is CCC(CCCCN)=NO.[SiH4]. The molecular formula is C7H20N2OSi. The first kappa shape index (κ1) is 13.3. The van der Waals surface area contributed by atoms with Crippen LogP contribution in [0.1, 0.15) is 32.6 Å². The Morgan fingerprint density at radius 3 is 2.45 bits per heavy atom. The number of oxime groups is 1. The average molecular weight is 176 g/mol. The van der Waals surface area contributed by atoms with Crippen LogP contribution in [0.15, 0.2) is 5.16 Å². The van der Waals surface area contributed by atoms with Crippen LogP contribution < -0.4 is 5.73 Å². The van der Waals surface area contributed by atoms with Gasteiger partial charge in [0.25, 0.3) is 0 Å². The Labute approximate surface area is 72.7 Å². The van der Waals surface area contributed by atoms with Gasteiger partial charge in [-0.05, 0) is 43.2 Å². The molecule has 0 bridgehead atoms. The van der Waals surface area contributed by atoms with Gasteiger partial charge < -0.3 is 10.9 Å². The largest absolute Gasteiger partial charge is 0.411 e. The Morgan fingerprint density at radius 1 is 1.45 bits per heavy atom. The molecule has 68 valence electrons. The van der Waals surface area contributed by atoms with Crippen molar-refractivity contribution < 1.29 is 5.21 Å². The highest BCUT2D eigenvalue weighted by atomic mass is 28.1. The first-order chi connectivity index (χ1) is 4.85. The molecule has 0 radical (unpaired) electrons. The van der Waals surface area contributed by atoms with Crippen molar-refractivity contribution in [2.75, 3.05) is 6.54 Å². The Balaban J connectivity index is 0. The molecule has 0 rings (SSSR count). The Hall–Kier alpha value is -0.353. The summed E-state index contributed by atoms with van der Waals surface area (Å²) in [4.78, 5) is 0. The van der Waals surface area contributed by atoms with Gasteiger partial charge in [0.2, 0.25) is 0 Å². The number of unbranched alkanes of at least 4 members (excludes halogenated alkanes) is 1. The Morgan fingerprint density at radius 2 is 2.09 bits per heavy atom. The molecule has 0 saturated heterocycles. The summed E-state index contributed by atoms with van der Waals surface area (Å²) in [5.74, 6) is 0. The lowest BCUT2D eigenvalue weighted by atomic mass is 10.1. The summed E-state index contributed by atoms with van der Waals surface area (Å²) in [6, 6.07) is 0. The lowest BCUT2D eigenvalue weighted by molar-refractivity contribution is 0.316. The van der Waals surface area contributed by atoms with Gasteiger partial charge in [-0.1, -0.05) is 12.1 Å². The fourth-order valence-electron chi connectivity index (χ4n) is 0.771. The summed E-state index contributed by atoms with van der Waals surface area (Å²) in [5, 5.41) is 11.5. The van der Waals surface area contributed by atoms with Crippen molar-refractivity contribution in [3.8, 4) is 0 Å². The molecule has 4 heteroatoms. The quantitative estimate of drug-likeness (QED) is 0.202. The average Bonchev–Trinajstić information content (AvgIpc) is 1.99. The maximum atomic E-state index is 8.38. The summed E-state index contributed by atoms with van der Waals surface area (Å²) >= 11 is 0. The summed E-state index contributed by atoms with van der Waals surface area (Å²) in [6.07, 6.45) is 3.76. The second-order valence-electron chi connectivity index (χ2n) is 2.27. The maximum absolute atomic E-state index is 8.38. The van der Waals surface area contributed by atoms with Crippen molar-refractivity contribution in [1.82, 2.24) is 0 Å². The summed E-state index contributed by atoms with van der Waals surface area (Å²) < 4.78 is 0. The summed E-state index contributed by atoms with van der Waals surface area (Å²) in [7, 11) is 0. The van der Waals surface area contributed by atoms with Crippen LogP contribution in [0, 0.1) is 0 Å². The van der Waals surface area contributed by atoms with E-state index in [1.54, 1.807) is 0 Å². The first-order valence-electron chi connectivity index (χ1n) is 3.75. The molecule has 0 aliphatic carbocycles. The molecule has 0 aromatic carbocycles. The molecule has 0 spiro atoms. The van der Waals surface area contributed by atoms with E-state index < -0.39 is 0 Å². The van der Waals surface area contributed by atoms with Crippen LogP contribution in [0.25, 0.3) is 0 Å². The van der Waals surface area contributed by atoms with Crippen LogP contribution in [-0.2, 0) is 0 Å². The molecule has 0 amide bonds. The first-order valence-corrected chi connectivity index (χ1v) is 3.75. The van der Waals surface area contributed by atoms with Crippen LogP contribution in [-0.4, -0.2) is 28.4 Å². The fourth-order valence-corrected chi connectivity index (χ4v) is 0.771. The molecule has 0 unspecified atom stereocenters. The molecule has 0 heterocycles. The second kappa shape index (κ2) is 9.65. The molecule has 3 nitrogen and oxygen atoms in total. The highest BCUT2D eigenvalue weighted by Crippen LogP contribution is 1.99. The smallest absolute Gasteiger partial charge is 0.0568 e. The third kappa shape index (κ3) is 7.54. The minimum atomic E-state index is 0. The Kier molecular flexibility index (Phi) is 11.6. The number of rotatable bonds is 5. The van der Waals surface area contributed by atoms with E-state index in [0.717, 1.165) is 37.9 Å². The van der Waals surface area contributed by atoms with E-state index in [9.17, 15) is 0 Å². The van der Waals surface area contributed by atoms with E-state index in [2.05, 4.69) is 5.16 Å². The number of hydrogen-bond acceptors (Lipinski definition) is 3. The lowest BCUT2D eigenvalue weighted by Crippen LogP contribution is -2.01. The van der Waals surface area contributed by atoms with Gasteiger partial charge in [-0.15, -0.1) is 0 Å². The van der Waals surface area contributed by atoms with Gasteiger partial charge in [0, 0.05) is 0 Å². The summed E-state index contributed by atoms with van der Waals surface area (Å²) in [6.45, 7) is 2.71. The molecule has 0 fully saturated rings. The van der Waals surface area contributed by atoms with E-state index in [0.29, 0.717) is 0 Å². The molecular weight excluding hydrogens is 156 g/mol. The standard InChI is InChI=1S/C7H16N2O.H4Si/c1-2-7(9-10)5-3-4-6-8;/h10H,2-6,8H2,1H3;1H4. The van der Waals surface area contributed by atoms with Crippen LogP contribution in [0.3, 0.4) is 0 Å². The van der Waals surface area contributed by atoms with Gasteiger partial charge in [0.05, 0.1) is 5.71 Å². The molecule has 3 N–H and O–H groups in total. The maximum Gasteiger partial charge on any atom is 0.0568 e. The molecule has 0 saturated carbocycles. The second-order valence-corrected chi connectivity index (χ2v) is 2.27. The van der Waals surface area contributed by atoms with Crippen LogP contribution >= 0.6 is 0 Å². The zero-order valence-electron chi connectivity index (χ0n) is 6.51. The van der Waals surface area contributed by atoms with Crippen LogP contribution in [0.5, 0.6) is 0 Å². The van der Waals surface area contributed by atoms with E-state index in [1.165, 1.54) is 0 Å².